The van der Waals surface area contributed by atoms with Gasteiger partial charge in [0.15, 0.2) is 6.10 Å². The van der Waals surface area contributed by atoms with E-state index in [0.717, 1.165) is 0 Å². The van der Waals surface area contributed by atoms with Gasteiger partial charge in [0.1, 0.15) is 5.82 Å². The van der Waals surface area contributed by atoms with Gasteiger partial charge in [-0.15, -0.1) is 0 Å². The summed E-state index contributed by atoms with van der Waals surface area (Å²) in [6, 6.07) is 5.74. The summed E-state index contributed by atoms with van der Waals surface area (Å²) in [5.41, 5.74) is 0.0680. The van der Waals surface area contributed by atoms with E-state index in [0.29, 0.717) is 13.0 Å². The number of aliphatic carboxylic acids is 1. The molecule has 0 aliphatic carbocycles. The van der Waals surface area contributed by atoms with Crippen molar-refractivity contribution in [2.75, 3.05) is 6.61 Å². The Morgan fingerprint density at radius 3 is 2.73 bits per heavy atom. The molecule has 0 spiro atoms. The fraction of sp³-hybridized carbons (Fsp3) is 0.364. The monoisotopic (exact) mass is 212 g/mol. The predicted octanol–water partition coefficient (Wildman–Crippen LogP) is 2.38. The van der Waals surface area contributed by atoms with Crippen LogP contribution in [0.5, 0.6) is 0 Å². The topological polar surface area (TPSA) is 46.5 Å². The van der Waals surface area contributed by atoms with Crippen molar-refractivity contribution in [3.8, 4) is 0 Å². The van der Waals surface area contributed by atoms with Crippen LogP contribution in [-0.4, -0.2) is 17.7 Å². The van der Waals surface area contributed by atoms with E-state index in [4.69, 9.17) is 9.84 Å². The van der Waals surface area contributed by atoms with Crippen LogP contribution in [0.2, 0.25) is 0 Å². The summed E-state index contributed by atoms with van der Waals surface area (Å²) in [4.78, 5) is 10.9. The van der Waals surface area contributed by atoms with Crippen molar-refractivity contribution in [1.82, 2.24) is 0 Å². The second-order valence-electron chi connectivity index (χ2n) is 3.11. The lowest BCUT2D eigenvalue weighted by Gasteiger charge is -2.13. The highest BCUT2D eigenvalue weighted by Gasteiger charge is 2.22. The molecule has 0 fully saturated rings. The van der Waals surface area contributed by atoms with Crippen molar-refractivity contribution in [3.05, 3.63) is 35.6 Å². The Morgan fingerprint density at radius 2 is 2.20 bits per heavy atom. The summed E-state index contributed by atoms with van der Waals surface area (Å²) < 4.78 is 18.4. The lowest BCUT2D eigenvalue weighted by atomic mass is 10.1. The number of carboxylic acid groups (broad SMARTS) is 1. The first kappa shape index (κ1) is 11.7. The van der Waals surface area contributed by atoms with Crippen LogP contribution in [0.15, 0.2) is 24.3 Å². The molecule has 3 nitrogen and oxygen atoms in total. The van der Waals surface area contributed by atoms with E-state index in [1.54, 1.807) is 6.07 Å². The third kappa shape index (κ3) is 3.02. The smallest absolute Gasteiger partial charge is 0.337 e. The number of rotatable bonds is 5. The van der Waals surface area contributed by atoms with Gasteiger partial charge in [-0.05, 0) is 12.5 Å². The predicted molar refractivity (Wildman–Crippen MR) is 53.0 cm³/mol. The quantitative estimate of drug-likeness (QED) is 0.815. The van der Waals surface area contributed by atoms with Crippen LogP contribution in [0, 0.1) is 5.82 Å². The van der Waals surface area contributed by atoms with Crippen LogP contribution >= 0.6 is 0 Å². The number of ether oxygens (including phenoxy) is 1. The molecule has 0 amide bonds. The first-order chi connectivity index (χ1) is 7.16. The van der Waals surface area contributed by atoms with Crippen LogP contribution in [-0.2, 0) is 9.53 Å². The van der Waals surface area contributed by atoms with Gasteiger partial charge in [0.05, 0.1) is 0 Å². The van der Waals surface area contributed by atoms with Crippen molar-refractivity contribution in [3.63, 3.8) is 0 Å². The average molecular weight is 212 g/mol. The maximum atomic E-state index is 13.3. The van der Waals surface area contributed by atoms with Gasteiger partial charge in [0, 0.05) is 12.2 Å². The number of hydrogen-bond acceptors (Lipinski definition) is 2. The first-order valence-corrected chi connectivity index (χ1v) is 4.75. The summed E-state index contributed by atoms with van der Waals surface area (Å²) in [5, 5.41) is 8.89. The zero-order chi connectivity index (χ0) is 11.3. The summed E-state index contributed by atoms with van der Waals surface area (Å²) in [5.74, 6) is -1.73. The largest absolute Gasteiger partial charge is 0.479 e. The Kier molecular flexibility index (Phi) is 4.24. The minimum absolute atomic E-state index is 0.0680. The van der Waals surface area contributed by atoms with Crippen LogP contribution in [0.3, 0.4) is 0 Å². The molecule has 1 rings (SSSR count). The number of halogens is 1. The normalized spacial score (nSPS) is 12.4. The van der Waals surface area contributed by atoms with E-state index in [1.165, 1.54) is 18.2 Å². The van der Waals surface area contributed by atoms with Gasteiger partial charge in [-0.3, -0.25) is 0 Å². The van der Waals surface area contributed by atoms with E-state index in [1.807, 2.05) is 6.92 Å². The average Bonchev–Trinajstić information content (AvgIpc) is 2.20. The molecular formula is C11H13FO3. The maximum absolute atomic E-state index is 13.3. The molecular weight excluding hydrogens is 199 g/mol. The van der Waals surface area contributed by atoms with Crippen molar-refractivity contribution in [2.24, 2.45) is 0 Å². The van der Waals surface area contributed by atoms with E-state index in [-0.39, 0.29) is 5.56 Å². The van der Waals surface area contributed by atoms with E-state index in [2.05, 4.69) is 0 Å². The molecule has 0 aliphatic heterocycles. The molecule has 0 aliphatic rings. The van der Waals surface area contributed by atoms with Crippen molar-refractivity contribution >= 4 is 5.97 Å². The zero-order valence-corrected chi connectivity index (χ0v) is 8.44. The lowest BCUT2D eigenvalue weighted by molar-refractivity contribution is -0.151. The van der Waals surface area contributed by atoms with E-state index < -0.39 is 17.9 Å². The summed E-state index contributed by atoms with van der Waals surface area (Å²) in [7, 11) is 0. The highest BCUT2D eigenvalue weighted by atomic mass is 19.1. The van der Waals surface area contributed by atoms with Crippen molar-refractivity contribution < 1.29 is 19.0 Å². The molecule has 0 heterocycles. The fourth-order valence-electron chi connectivity index (χ4n) is 1.22. The molecule has 1 aromatic rings. The van der Waals surface area contributed by atoms with Crippen molar-refractivity contribution in [1.29, 1.82) is 0 Å². The van der Waals surface area contributed by atoms with Crippen LogP contribution in [0.1, 0.15) is 25.0 Å². The Balaban J connectivity index is 2.89. The van der Waals surface area contributed by atoms with Crippen LogP contribution in [0.4, 0.5) is 4.39 Å². The van der Waals surface area contributed by atoms with Crippen molar-refractivity contribution in [2.45, 2.75) is 19.4 Å². The Morgan fingerprint density at radius 1 is 1.53 bits per heavy atom. The first-order valence-electron chi connectivity index (χ1n) is 4.75. The molecule has 1 atom stereocenters. The standard InChI is InChI=1S/C11H13FO3/c1-2-7-15-10(11(13)14)8-5-3-4-6-9(8)12/h3-6,10H,2,7H2,1H3,(H,13,14). The molecule has 0 bridgehead atoms. The van der Waals surface area contributed by atoms with E-state index >= 15 is 0 Å². The third-order valence-corrected chi connectivity index (χ3v) is 1.90. The zero-order valence-electron chi connectivity index (χ0n) is 8.44. The van der Waals surface area contributed by atoms with Gasteiger partial charge in [-0.1, -0.05) is 25.1 Å². The van der Waals surface area contributed by atoms with Gasteiger partial charge < -0.3 is 9.84 Å². The maximum Gasteiger partial charge on any atom is 0.337 e. The summed E-state index contributed by atoms with van der Waals surface area (Å²) in [6.45, 7) is 2.16. The second kappa shape index (κ2) is 5.46. The number of benzene rings is 1. The minimum atomic E-state index is -1.22. The molecule has 0 radical (unpaired) electrons. The molecule has 4 heteroatoms. The van der Waals surface area contributed by atoms with Gasteiger partial charge in [0.2, 0.25) is 0 Å². The molecule has 0 saturated carbocycles. The summed E-state index contributed by atoms with van der Waals surface area (Å²) in [6.07, 6.45) is -0.524. The second-order valence-corrected chi connectivity index (χ2v) is 3.11. The van der Waals surface area contributed by atoms with Crippen LogP contribution in [0.25, 0.3) is 0 Å². The Bertz CT molecular complexity index is 338. The van der Waals surface area contributed by atoms with Crippen LogP contribution < -0.4 is 0 Å². The number of hydrogen-bond donors (Lipinski definition) is 1. The van der Waals surface area contributed by atoms with Gasteiger partial charge in [-0.2, -0.15) is 0 Å². The molecule has 1 N–H and O–H groups in total. The molecule has 0 saturated heterocycles. The highest BCUT2D eigenvalue weighted by molar-refractivity contribution is 5.74. The molecule has 1 aromatic carbocycles. The number of carbonyl (C=O) groups is 1. The fourth-order valence-corrected chi connectivity index (χ4v) is 1.22. The van der Waals surface area contributed by atoms with Gasteiger partial charge >= 0.3 is 5.97 Å². The summed E-state index contributed by atoms with van der Waals surface area (Å²) >= 11 is 0. The Labute approximate surface area is 87.5 Å². The van der Waals surface area contributed by atoms with E-state index in [9.17, 15) is 9.18 Å². The third-order valence-electron chi connectivity index (χ3n) is 1.90. The molecule has 0 aromatic heterocycles. The molecule has 15 heavy (non-hydrogen) atoms. The van der Waals surface area contributed by atoms with Gasteiger partial charge in [0.25, 0.3) is 0 Å². The minimum Gasteiger partial charge on any atom is -0.479 e. The van der Waals surface area contributed by atoms with Gasteiger partial charge in [-0.25, -0.2) is 9.18 Å². The number of carboxylic acids is 1. The lowest BCUT2D eigenvalue weighted by Crippen LogP contribution is -2.17. The molecule has 1 unspecified atom stereocenters. The SMILES string of the molecule is CCCOC(C(=O)O)c1ccccc1F. The molecule has 82 valence electrons. The highest BCUT2D eigenvalue weighted by Crippen LogP contribution is 2.20. The Hall–Kier alpha value is -1.42.